The number of hydrogen-bond acceptors (Lipinski definition) is 1. The van der Waals surface area contributed by atoms with Crippen molar-refractivity contribution in [2.45, 2.75) is 38.5 Å². The van der Waals surface area contributed by atoms with Gasteiger partial charge in [-0.2, -0.15) is 0 Å². The lowest BCUT2D eigenvalue weighted by atomic mass is 10.0. The van der Waals surface area contributed by atoms with Gasteiger partial charge >= 0.3 is 0 Å². The van der Waals surface area contributed by atoms with Crippen LogP contribution in [0.5, 0.6) is 0 Å². The fourth-order valence-electron chi connectivity index (χ4n) is 1.06. The monoisotopic (exact) mass is 136 g/mol. The molecule has 0 atom stereocenters. The van der Waals surface area contributed by atoms with E-state index in [-0.39, 0.29) is 0 Å². The molecule has 0 aromatic rings. The Hall–Kier alpha value is 0.250. The molecule has 1 fully saturated rings. The zero-order valence-corrected chi connectivity index (χ0v) is 5.82. The van der Waals surface area contributed by atoms with Gasteiger partial charge in [0.2, 0.25) is 0 Å². The second-order valence-electron chi connectivity index (χ2n) is 2.12. The highest BCUT2D eigenvalue weighted by Crippen LogP contribution is 2.15. The van der Waals surface area contributed by atoms with Crippen LogP contribution in [0.3, 0.4) is 0 Å². The first-order chi connectivity index (χ1) is 4.00. The first kappa shape index (κ1) is 8.25. The van der Waals surface area contributed by atoms with E-state index < -0.39 is 0 Å². The number of hydrogen-bond donors (Lipinski definition) is 1. The van der Waals surface area contributed by atoms with Crippen molar-refractivity contribution < 1.29 is 4.66 Å². The Labute approximate surface area is 55.8 Å². The molecule has 1 nitrogen and oxygen atoms in total. The summed E-state index contributed by atoms with van der Waals surface area (Å²) in [6.45, 7) is 0. The third kappa shape index (κ3) is 4.41. The maximum absolute atomic E-state index is 6.47. The van der Waals surface area contributed by atoms with Crippen molar-refractivity contribution in [1.82, 2.24) is 0 Å². The van der Waals surface area contributed by atoms with Crippen LogP contribution in [0.2, 0.25) is 0 Å². The van der Waals surface area contributed by atoms with E-state index >= 15 is 0 Å². The van der Waals surface area contributed by atoms with Gasteiger partial charge in [0, 0.05) is 0 Å². The molecule has 1 N–H and O–H groups in total. The van der Waals surface area contributed by atoms with E-state index in [1.807, 2.05) is 0 Å². The van der Waals surface area contributed by atoms with Crippen LogP contribution in [0.25, 0.3) is 0 Å². The summed E-state index contributed by atoms with van der Waals surface area (Å²) in [6.07, 6.45) is 9.00. The molecule has 0 bridgehead atoms. The molecule has 0 unspecified atom stereocenters. The summed E-state index contributed by atoms with van der Waals surface area (Å²) >= 11 is 3.64. The van der Waals surface area contributed by atoms with Gasteiger partial charge in [0.1, 0.15) is 0 Å². The van der Waals surface area contributed by atoms with Gasteiger partial charge in [-0.15, -0.1) is 0 Å². The molecule has 0 aromatic heterocycles. The van der Waals surface area contributed by atoms with Gasteiger partial charge in [-0.05, 0) is 0 Å². The highest BCUT2D eigenvalue weighted by Gasteiger charge is 1.95. The lowest BCUT2D eigenvalue weighted by Crippen LogP contribution is -1.85. The largest absolute Gasteiger partial charge is 0.295 e. The van der Waals surface area contributed by atoms with Crippen LogP contribution in [-0.4, -0.2) is 4.66 Å². The van der Waals surface area contributed by atoms with Gasteiger partial charge < -0.3 is 0 Å². The maximum Gasteiger partial charge on any atom is 0.0579 e. The van der Waals surface area contributed by atoms with Crippen LogP contribution in [-0.2, 0) is 0 Å². The first-order valence-electron chi connectivity index (χ1n) is 3.17. The molecule has 0 radical (unpaired) electrons. The Balaban J connectivity index is 0.000000222. The normalized spacial score (nSPS) is 18.8. The van der Waals surface area contributed by atoms with Gasteiger partial charge in [0.15, 0.2) is 0 Å². The van der Waals surface area contributed by atoms with E-state index in [2.05, 4.69) is 11.9 Å². The number of rotatable bonds is 0. The molecule has 0 heterocycles. The van der Waals surface area contributed by atoms with Crippen LogP contribution < -0.4 is 0 Å². The van der Waals surface area contributed by atoms with E-state index in [1.54, 1.807) is 0 Å². The molecule has 1 saturated carbocycles. The van der Waals surface area contributed by atoms with Crippen molar-refractivity contribution in [3.05, 3.63) is 0 Å². The fourth-order valence-corrected chi connectivity index (χ4v) is 1.06. The van der Waals surface area contributed by atoms with Crippen LogP contribution >= 0.6 is 11.9 Å². The lowest BCUT2D eigenvalue weighted by molar-refractivity contribution is 0.504. The molecule has 0 aromatic carbocycles. The minimum absolute atomic E-state index is 1.50. The van der Waals surface area contributed by atoms with E-state index in [9.17, 15) is 0 Å². The third-order valence-electron chi connectivity index (χ3n) is 1.50. The smallest absolute Gasteiger partial charge is 0.0579 e. The zero-order valence-electron chi connectivity index (χ0n) is 5.07. The van der Waals surface area contributed by atoms with Crippen LogP contribution in [0.4, 0.5) is 0 Å². The molecule has 0 spiro atoms. The molecular weight excluding hydrogens is 124 g/mol. The van der Waals surface area contributed by atoms with Crippen LogP contribution in [0.15, 0.2) is 0 Å². The van der Waals surface area contributed by atoms with Crippen LogP contribution in [0.1, 0.15) is 38.5 Å². The molecule has 1 rings (SSSR count). The minimum atomic E-state index is 1.50. The highest BCUT2D eigenvalue weighted by atomic mass is 35.5. The van der Waals surface area contributed by atoms with Crippen molar-refractivity contribution in [1.29, 1.82) is 0 Å². The summed E-state index contributed by atoms with van der Waals surface area (Å²) in [5, 5.41) is 0. The molecule has 0 saturated heterocycles. The average molecular weight is 137 g/mol. The first-order valence-corrected chi connectivity index (χ1v) is 3.51. The fraction of sp³-hybridized carbons (Fsp3) is 1.00. The van der Waals surface area contributed by atoms with E-state index in [4.69, 9.17) is 4.66 Å². The zero-order chi connectivity index (χ0) is 6.24. The standard InChI is InChI=1S/C6H12.ClHO/c1-2-4-6-5-3-1;1-2/h1-6H2;2H. The van der Waals surface area contributed by atoms with Gasteiger partial charge in [-0.25, -0.2) is 0 Å². The van der Waals surface area contributed by atoms with Gasteiger partial charge in [0.05, 0.1) is 11.9 Å². The summed E-state index contributed by atoms with van der Waals surface area (Å²) in [4.78, 5) is 0. The Morgan fingerprint density at radius 2 is 0.750 bits per heavy atom. The van der Waals surface area contributed by atoms with Crippen molar-refractivity contribution in [2.75, 3.05) is 0 Å². The predicted molar refractivity (Wildman–Crippen MR) is 35.8 cm³/mol. The molecule has 8 heavy (non-hydrogen) atoms. The predicted octanol–water partition coefficient (Wildman–Crippen LogP) is 2.47. The Kier molecular flexibility index (Phi) is 7.48. The average Bonchev–Trinajstić information content (AvgIpc) is 1.96. The molecule has 0 aliphatic heterocycles. The molecule has 1 aliphatic rings. The van der Waals surface area contributed by atoms with Gasteiger partial charge in [-0.3, -0.25) is 4.66 Å². The second kappa shape index (κ2) is 7.25. The molecule has 2 heteroatoms. The third-order valence-corrected chi connectivity index (χ3v) is 1.50. The van der Waals surface area contributed by atoms with Crippen LogP contribution in [0, 0.1) is 0 Å². The molecule has 1 aliphatic carbocycles. The van der Waals surface area contributed by atoms with Crippen molar-refractivity contribution >= 4 is 11.9 Å². The maximum atomic E-state index is 6.47. The molecular formula is C6H13ClO. The second-order valence-corrected chi connectivity index (χ2v) is 2.12. The van der Waals surface area contributed by atoms with Gasteiger partial charge in [-0.1, -0.05) is 38.5 Å². The molecule has 50 valence electrons. The summed E-state index contributed by atoms with van der Waals surface area (Å²) in [7, 11) is 0. The van der Waals surface area contributed by atoms with Gasteiger partial charge in [0.25, 0.3) is 0 Å². The van der Waals surface area contributed by atoms with Crippen molar-refractivity contribution in [2.24, 2.45) is 0 Å². The minimum Gasteiger partial charge on any atom is -0.295 e. The summed E-state index contributed by atoms with van der Waals surface area (Å²) < 4.78 is 6.47. The Morgan fingerprint density at radius 3 is 0.875 bits per heavy atom. The van der Waals surface area contributed by atoms with E-state index in [0.717, 1.165) is 0 Å². The number of halogens is 1. The summed E-state index contributed by atoms with van der Waals surface area (Å²) in [5.74, 6) is 0. The topological polar surface area (TPSA) is 20.2 Å². The highest BCUT2D eigenvalue weighted by molar-refractivity contribution is 6.04. The summed E-state index contributed by atoms with van der Waals surface area (Å²) in [5.41, 5.74) is 0. The quantitative estimate of drug-likeness (QED) is 0.543. The van der Waals surface area contributed by atoms with E-state index in [1.165, 1.54) is 38.5 Å². The Morgan fingerprint density at radius 1 is 0.625 bits per heavy atom. The summed E-state index contributed by atoms with van der Waals surface area (Å²) in [6, 6.07) is 0. The Bertz CT molecular complexity index is 24.0. The lowest BCUT2D eigenvalue weighted by Gasteiger charge is -2.05. The van der Waals surface area contributed by atoms with Crippen molar-refractivity contribution in [3.8, 4) is 0 Å². The van der Waals surface area contributed by atoms with Crippen molar-refractivity contribution in [3.63, 3.8) is 0 Å². The molecule has 0 amide bonds. The van der Waals surface area contributed by atoms with E-state index in [0.29, 0.717) is 0 Å². The SMILES string of the molecule is C1CCCCC1.OCl.